The number of ether oxygens (including phenoxy) is 2. The van der Waals surface area contributed by atoms with Crippen LogP contribution < -0.4 is 0 Å². The van der Waals surface area contributed by atoms with Crippen molar-refractivity contribution in [1.82, 2.24) is 0 Å². The number of hydrogen-bond acceptors (Lipinski definition) is 5. The van der Waals surface area contributed by atoms with Gasteiger partial charge in [-0.05, 0) is 44.9 Å². The molecule has 0 amide bonds. The molecule has 0 aliphatic heterocycles. The fourth-order valence-corrected chi connectivity index (χ4v) is 6.24. The van der Waals surface area contributed by atoms with Crippen LogP contribution in [0.1, 0.15) is 200 Å². The van der Waals surface area contributed by atoms with Crippen LogP contribution in [0.5, 0.6) is 0 Å². The van der Waals surface area contributed by atoms with Gasteiger partial charge in [-0.2, -0.15) is 0 Å². The number of carbonyl (C=O) groups excluding carboxylic acids is 2. The van der Waals surface area contributed by atoms with Crippen molar-refractivity contribution in [2.45, 2.75) is 206 Å². The van der Waals surface area contributed by atoms with Crippen molar-refractivity contribution >= 4 is 19.5 Å². The molecule has 0 saturated carbocycles. The number of hydrogen-bond donors (Lipinski definition) is 2. The summed E-state index contributed by atoms with van der Waals surface area (Å²) in [5.74, 6) is -0.751. The molecule has 0 saturated heterocycles. The summed E-state index contributed by atoms with van der Waals surface area (Å²) in [5.41, 5.74) is 0. The van der Waals surface area contributed by atoms with Gasteiger partial charge >= 0.3 is 19.5 Å². The summed E-state index contributed by atoms with van der Waals surface area (Å²) < 4.78 is 22.2. The van der Waals surface area contributed by atoms with Crippen molar-refractivity contribution in [2.75, 3.05) is 12.8 Å². The molecule has 8 heteroatoms. The second kappa shape index (κ2) is 33.7. The van der Waals surface area contributed by atoms with E-state index in [9.17, 15) is 23.9 Å². The highest BCUT2D eigenvalue weighted by Gasteiger charge is 2.22. The highest BCUT2D eigenvalue weighted by Crippen LogP contribution is 2.35. The second-order valence-electron chi connectivity index (χ2n) is 13.3. The SMILES string of the molecule is CCCCCCCC/C=C\CCCCCCCC(=O)O[C@@H](CCP(=O)(O)O)COC(=O)CCCCCCCCCCCCCCC. The van der Waals surface area contributed by atoms with Crippen LogP contribution in [0.3, 0.4) is 0 Å². The second-order valence-corrected chi connectivity index (χ2v) is 15.1. The minimum Gasteiger partial charge on any atom is -0.462 e. The molecular formula is C38H73O7P. The lowest BCUT2D eigenvalue weighted by molar-refractivity contribution is -0.159. The summed E-state index contributed by atoms with van der Waals surface area (Å²) in [6, 6.07) is 0. The first-order chi connectivity index (χ1) is 22.3. The molecule has 272 valence electrons. The summed E-state index contributed by atoms with van der Waals surface area (Å²) in [4.78, 5) is 43.2. The van der Waals surface area contributed by atoms with E-state index in [0.29, 0.717) is 6.42 Å². The highest BCUT2D eigenvalue weighted by molar-refractivity contribution is 7.51. The normalized spacial score (nSPS) is 12.5. The standard InChI is InChI=1S/C38H73O7P/c1-3-5-7-9-11-13-15-17-18-20-22-24-26-28-30-32-38(40)45-36(33-34-46(41,42)43)35-44-37(39)31-29-27-25-23-21-19-16-14-12-10-8-6-4-2/h17-18,36H,3-16,19-35H2,1-2H3,(H2,41,42,43)/b18-17-/t36-/m0/s1. The van der Waals surface area contributed by atoms with Crippen LogP contribution in [-0.4, -0.2) is 40.6 Å². The summed E-state index contributed by atoms with van der Waals surface area (Å²) in [6.07, 6.45) is 35.3. The number of allylic oxidation sites excluding steroid dienone is 2. The molecule has 0 radical (unpaired) electrons. The van der Waals surface area contributed by atoms with Gasteiger partial charge in [0.1, 0.15) is 12.7 Å². The first-order valence-corrected chi connectivity index (χ1v) is 21.1. The van der Waals surface area contributed by atoms with Gasteiger partial charge in [-0.1, -0.05) is 154 Å². The Balaban J connectivity index is 3.96. The van der Waals surface area contributed by atoms with E-state index in [0.717, 1.165) is 57.8 Å². The van der Waals surface area contributed by atoms with Crippen LogP contribution >= 0.6 is 7.60 Å². The molecule has 0 aromatic heterocycles. The maximum absolute atomic E-state index is 12.4. The fourth-order valence-electron chi connectivity index (χ4n) is 5.62. The van der Waals surface area contributed by atoms with Crippen molar-refractivity contribution in [2.24, 2.45) is 0 Å². The van der Waals surface area contributed by atoms with Gasteiger partial charge in [-0.15, -0.1) is 0 Å². The maximum Gasteiger partial charge on any atom is 0.325 e. The van der Waals surface area contributed by atoms with E-state index in [1.165, 1.54) is 109 Å². The molecule has 0 aromatic carbocycles. The van der Waals surface area contributed by atoms with Gasteiger partial charge in [-0.3, -0.25) is 14.2 Å². The van der Waals surface area contributed by atoms with Gasteiger partial charge in [0.15, 0.2) is 0 Å². The van der Waals surface area contributed by atoms with E-state index in [1.807, 2.05) is 0 Å². The fraction of sp³-hybridized carbons (Fsp3) is 0.895. The molecule has 0 rings (SSSR count). The Hall–Kier alpha value is -1.17. The monoisotopic (exact) mass is 673 g/mol. The molecule has 0 fully saturated rings. The predicted molar refractivity (Wildman–Crippen MR) is 192 cm³/mol. The van der Waals surface area contributed by atoms with E-state index in [1.54, 1.807) is 0 Å². The van der Waals surface area contributed by atoms with Crippen molar-refractivity contribution in [3.05, 3.63) is 12.2 Å². The summed E-state index contributed by atoms with van der Waals surface area (Å²) >= 11 is 0. The summed E-state index contributed by atoms with van der Waals surface area (Å²) in [6.45, 7) is 4.34. The number of rotatable bonds is 35. The molecule has 0 unspecified atom stereocenters. The van der Waals surface area contributed by atoms with Crippen LogP contribution in [0.4, 0.5) is 0 Å². The molecule has 0 aliphatic rings. The number of esters is 2. The van der Waals surface area contributed by atoms with Crippen molar-refractivity contribution in [1.29, 1.82) is 0 Å². The van der Waals surface area contributed by atoms with E-state index in [-0.39, 0.29) is 25.4 Å². The topological polar surface area (TPSA) is 110 Å². The Morgan fingerprint density at radius 3 is 1.35 bits per heavy atom. The average molecular weight is 673 g/mol. The van der Waals surface area contributed by atoms with E-state index >= 15 is 0 Å². The van der Waals surface area contributed by atoms with Gasteiger partial charge in [0.05, 0.1) is 6.16 Å². The molecular weight excluding hydrogens is 599 g/mol. The Morgan fingerprint density at radius 1 is 0.565 bits per heavy atom. The third-order valence-corrected chi connectivity index (χ3v) is 9.44. The van der Waals surface area contributed by atoms with Crippen LogP contribution in [-0.2, 0) is 23.6 Å². The Kier molecular flexibility index (Phi) is 32.9. The third kappa shape index (κ3) is 35.7. The predicted octanol–water partition coefficient (Wildman–Crippen LogP) is 11.5. The van der Waals surface area contributed by atoms with Crippen molar-refractivity contribution in [3.63, 3.8) is 0 Å². The molecule has 0 aliphatic carbocycles. The molecule has 7 nitrogen and oxygen atoms in total. The highest BCUT2D eigenvalue weighted by atomic mass is 31.2. The van der Waals surface area contributed by atoms with Gasteiger partial charge in [0.2, 0.25) is 0 Å². The van der Waals surface area contributed by atoms with E-state index < -0.39 is 25.8 Å². The molecule has 0 aromatic rings. The van der Waals surface area contributed by atoms with E-state index in [4.69, 9.17) is 9.47 Å². The molecule has 0 bridgehead atoms. The van der Waals surface area contributed by atoms with Gasteiger partial charge in [-0.25, -0.2) is 0 Å². The average Bonchev–Trinajstić information content (AvgIpc) is 3.02. The number of unbranched alkanes of at least 4 members (excludes halogenated alkanes) is 23. The zero-order chi connectivity index (χ0) is 34.0. The van der Waals surface area contributed by atoms with Crippen molar-refractivity contribution < 1.29 is 33.4 Å². The third-order valence-electron chi connectivity index (χ3n) is 8.60. The molecule has 1 atom stereocenters. The van der Waals surface area contributed by atoms with Crippen LogP contribution in [0, 0.1) is 0 Å². The first-order valence-electron chi connectivity index (χ1n) is 19.3. The minimum atomic E-state index is -4.24. The van der Waals surface area contributed by atoms with Gasteiger partial charge < -0.3 is 19.3 Å². The molecule has 2 N–H and O–H groups in total. The Labute approximate surface area is 283 Å². The minimum absolute atomic E-state index is 0.0333. The smallest absolute Gasteiger partial charge is 0.325 e. The van der Waals surface area contributed by atoms with Crippen LogP contribution in [0.2, 0.25) is 0 Å². The van der Waals surface area contributed by atoms with Gasteiger partial charge in [0, 0.05) is 12.8 Å². The summed E-state index contributed by atoms with van der Waals surface area (Å²) in [7, 11) is -4.24. The molecule has 0 spiro atoms. The first kappa shape index (κ1) is 44.8. The summed E-state index contributed by atoms with van der Waals surface area (Å²) in [5, 5.41) is 0. The lowest BCUT2D eigenvalue weighted by Gasteiger charge is -2.18. The molecule has 0 heterocycles. The Bertz CT molecular complexity index is 764. The number of carbonyl (C=O) groups is 2. The lowest BCUT2D eigenvalue weighted by Crippen LogP contribution is -2.26. The zero-order valence-corrected chi connectivity index (χ0v) is 30.9. The van der Waals surface area contributed by atoms with Gasteiger partial charge in [0.25, 0.3) is 0 Å². The van der Waals surface area contributed by atoms with E-state index in [2.05, 4.69) is 26.0 Å². The largest absolute Gasteiger partial charge is 0.462 e. The zero-order valence-electron chi connectivity index (χ0n) is 30.0. The molecule has 46 heavy (non-hydrogen) atoms. The van der Waals surface area contributed by atoms with Crippen LogP contribution in [0.25, 0.3) is 0 Å². The van der Waals surface area contributed by atoms with Crippen LogP contribution in [0.15, 0.2) is 12.2 Å². The van der Waals surface area contributed by atoms with Crippen molar-refractivity contribution in [3.8, 4) is 0 Å². The maximum atomic E-state index is 12.4. The lowest BCUT2D eigenvalue weighted by atomic mass is 10.0. The Morgan fingerprint density at radius 2 is 0.935 bits per heavy atom. The quantitative estimate of drug-likeness (QED) is 0.0298.